The van der Waals surface area contributed by atoms with E-state index >= 15 is 0 Å². The molecule has 1 saturated carbocycles. The van der Waals surface area contributed by atoms with Crippen molar-refractivity contribution in [2.45, 2.75) is 49.9 Å². The van der Waals surface area contributed by atoms with Crippen LogP contribution in [0, 0.1) is 0 Å². The Morgan fingerprint density at radius 2 is 1.95 bits per heavy atom. The van der Waals surface area contributed by atoms with Gasteiger partial charge < -0.3 is 14.8 Å². The summed E-state index contributed by atoms with van der Waals surface area (Å²) in [5, 5.41) is 4.53. The molecule has 0 aromatic heterocycles. The largest absolute Gasteiger partial charge is 0.497 e. The van der Waals surface area contributed by atoms with E-state index in [0.29, 0.717) is 6.04 Å². The van der Waals surface area contributed by atoms with Crippen LogP contribution in [0.3, 0.4) is 0 Å². The number of hydrogen-bond donors (Lipinski definition) is 1. The molecule has 0 bridgehead atoms. The second kappa shape index (κ2) is 7.95. The van der Waals surface area contributed by atoms with E-state index in [0.717, 1.165) is 16.7 Å². The quantitative estimate of drug-likeness (QED) is 0.859. The normalized spacial score (nSPS) is 23.6. The number of thioether (sulfide) groups is 1. The number of rotatable bonds is 6. The van der Waals surface area contributed by atoms with Gasteiger partial charge in [0, 0.05) is 29.0 Å². The van der Waals surface area contributed by atoms with Gasteiger partial charge in [-0.05, 0) is 32.1 Å². The third kappa shape index (κ3) is 4.07. The molecule has 3 atom stereocenters. The van der Waals surface area contributed by atoms with Crippen LogP contribution in [0.15, 0.2) is 18.2 Å². The summed E-state index contributed by atoms with van der Waals surface area (Å²) in [6, 6.07) is 6.94. The Balaban J connectivity index is 2.10. The second-order valence-corrected chi connectivity index (χ2v) is 6.74. The maximum absolute atomic E-state index is 5.53. The third-order valence-corrected chi connectivity index (χ3v) is 5.55. The van der Waals surface area contributed by atoms with Gasteiger partial charge in [0.25, 0.3) is 0 Å². The Bertz CT molecular complexity index is 452. The molecule has 1 fully saturated rings. The SMILES string of the molecule is COc1ccc(C(C)NC2CCCCC2SC)c(OC)c1. The fourth-order valence-corrected chi connectivity index (χ4v) is 4.10. The number of methoxy groups -OCH3 is 2. The summed E-state index contributed by atoms with van der Waals surface area (Å²) in [6.07, 6.45) is 7.52. The monoisotopic (exact) mass is 309 g/mol. The summed E-state index contributed by atoms with van der Waals surface area (Å²) in [4.78, 5) is 0. The highest BCUT2D eigenvalue weighted by Gasteiger charge is 2.26. The molecule has 4 heteroatoms. The molecule has 1 aliphatic carbocycles. The molecule has 1 aliphatic rings. The Labute approximate surface area is 132 Å². The molecule has 118 valence electrons. The first-order chi connectivity index (χ1) is 10.2. The summed E-state index contributed by atoms with van der Waals surface area (Å²) < 4.78 is 10.8. The first-order valence-electron chi connectivity index (χ1n) is 7.70. The molecule has 3 unspecified atom stereocenters. The van der Waals surface area contributed by atoms with E-state index in [4.69, 9.17) is 9.47 Å². The number of hydrogen-bond acceptors (Lipinski definition) is 4. The molecular formula is C17H27NO2S. The maximum Gasteiger partial charge on any atom is 0.127 e. The predicted octanol–water partition coefficient (Wildman–Crippen LogP) is 4.03. The van der Waals surface area contributed by atoms with Gasteiger partial charge in [0.2, 0.25) is 0 Å². The van der Waals surface area contributed by atoms with Crippen LogP contribution in [0.2, 0.25) is 0 Å². The molecule has 0 radical (unpaired) electrons. The molecule has 0 heterocycles. The molecule has 21 heavy (non-hydrogen) atoms. The molecule has 0 spiro atoms. The van der Waals surface area contributed by atoms with E-state index in [1.165, 1.54) is 31.2 Å². The number of ether oxygens (including phenoxy) is 2. The Kier molecular flexibility index (Phi) is 6.24. The molecule has 0 saturated heterocycles. The first-order valence-corrected chi connectivity index (χ1v) is 8.99. The maximum atomic E-state index is 5.53. The lowest BCUT2D eigenvalue weighted by Crippen LogP contribution is -2.41. The van der Waals surface area contributed by atoms with Crippen LogP contribution in [0.5, 0.6) is 11.5 Å². The zero-order valence-electron chi connectivity index (χ0n) is 13.5. The minimum absolute atomic E-state index is 0.281. The van der Waals surface area contributed by atoms with E-state index < -0.39 is 0 Å². The highest BCUT2D eigenvalue weighted by Crippen LogP contribution is 2.32. The van der Waals surface area contributed by atoms with E-state index in [-0.39, 0.29) is 6.04 Å². The van der Waals surface area contributed by atoms with Crippen LogP contribution < -0.4 is 14.8 Å². The van der Waals surface area contributed by atoms with E-state index in [1.54, 1.807) is 14.2 Å². The Morgan fingerprint density at radius 1 is 1.19 bits per heavy atom. The van der Waals surface area contributed by atoms with Crippen molar-refractivity contribution in [3.8, 4) is 11.5 Å². The van der Waals surface area contributed by atoms with Crippen LogP contribution in [0.25, 0.3) is 0 Å². The van der Waals surface area contributed by atoms with Crippen molar-refractivity contribution in [1.29, 1.82) is 0 Å². The Morgan fingerprint density at radius 3 is 2.62 bits per heavy atom. The van der Waals surface area contributed by atoms with Crippen LogP contribution in [0.1, 0.15) is 44.2 Å². The summed E-state index contributed by atoms with van der Waals surface area (Å²) in [5.41, 5.74) is 1.20. The van der Waals surface area contributed by atoms with Gasteiger partial charge >= 0.3 is 0 Å². The fourth-order valence-electron chi connectivity index (χ4n) is 3.16. The summed E-state index contributed by atoms with van der Waals surface area (Å²) in [6.45, 7) is 2.22. The number of benzene rings is 1. The molecular weight excluding hydrogens is 282 g/mol. The minimum Gasteiger partial charge on any atom is -0.497 e. The average molecular weight is 309 g/mol. The highest BCUT2D eigenvalue weighted by atomic mass is 32.2. The van der Waals surface area contributed by atoms with Gasteiger partial charge in [0.1, 0.15) is 11.5 Å². The van der Waals surface area contributed by atoms with Crippen LogP contribution in [-0.4, -0.2) is 31.8 Å². The number of nitrogens with one attached hydrogen (secondary N) is 1. The van der Waals surface area contributed by atoms with E-state index in [1.807, 2.05) is 23.9 Å². The zero-order valence-corrected chi connectivity index (χ0v) is 14.3. The topological polar surface area (TPSA) is 30.5 Å². The summed E-state index contributed by atoms with van der Waals surface area (Å²) in [7, 11) is 3.40. The smallest absolute Gasteiger partial charge is 0.127 e. The van der Waals surface area contributed by atoms with Crippen molar-refractivity contribution in [2.75, 3.05) is 20.5 Å². The van der Waals surface area contributed by atoms with Crippen molar-refractivity contribution in [1.82, 2.24) is 5.32 Å². The highest BCUT2D eigenvalue weighted by molar-refractivity contribution is 7.99. The fraction of sp³-hybridized carbons (Fsp3) is 0.647. The van der Waals surface area contributed by atoms with Gasteiger partial charge in [-0.1, -0.05) is 18.9 Å². The van der Waals surface area contributed by atoms with Gasteiger partial charge in [-0.3, -0.25) is 0 Å². The van der Waals surface area contributed by atoms with Gasteiger partial charge in [0.15, 0.2) is 0 Å². The lowest BCUT2D eigenvalue weighted by Gasteiger charge is -2.33. The lowest BCUT2D eigenvalue weighted by molar-refractivity contribution is 0.345. The van der Waals surface area contributed by atoms with Gasteiger partial charge in [-0.15, -0.1) is 0 Å². The average Bonchev–Trinajstić information content (AvgIpc) is 2.54. The molecule has 1 N–H and O–H groups in total. The Hall–Kier alpha value is -0.870. The lowest BCUT2D eigenvalue weighted by atomic mass is 9.93. The summed E-state index contributed by atoms with van der Waals surface area (Å²) in [5.74, 6) is 1.73. The molecule has 3 nitrogen and oxygen atoms in total. The van der Waals surface area contributed by atoms with Crippen molar-refractivity contribution >= 4 is 11.8 Å². The van der Waals surface area contributed by atoms with Gasteiger partial charge in [-0.2, -0.15) is 11.8 Å². The molecule has 1 aromatic rings. The standard InChI is InChI=1S/C17H27NO2S/c1-12(18-15-7-5-6-8-17(15)21-4)14-10-9-13(19-2)11-16(14)20-3/h9-12,15,17-18H,5-8H2,1-4H3. The van der Waals surface area contributed by atoms with Crippen LogP contribution >= 0.6 is 11.8 Å². The third-order valence-electron chi connectivity index (χ3n) is 4.38. The minimum atomic E-state index is 0.281. The van der Waals surface area contributed by atoms with E-state index in [2.05, 4.69) is 24.6 Å². The van der Waals surface area contributed by atoms with Crippen molar-refractivity contribution in [2.24, 2.45) is 0 Å². The molecule has 1 aromatic carbocycles. The first kappa shape index (κ1) is 16.5. The van der Waals surface area contributed by atoms with Crippen LogP contribution in [0.4, 0.5) is 0 Å². The summed E-state index contributed by atoms with van der Waals surface area (Å²) >= 11 is 1.99. The second-order valence-electron chi connectivity index (χ2n) is 5.66. The van der Waals surface area contributed by atoms with Gasteiger partial charge in [0.05, 0.1) is 14.2 Å². The molecule has 0 amide bonds. The zero-order chi connectivity index (χ0) is 15.2. The molecule has 0 aliphatic heterocycles. The van der Waals surface area contributed by atoms with Crippen molar-refractivity contribution in [3.63, 3.8) is 0 Å². The van der Waals surface area contributed by atoms with Crippen molar-refractivity contribution in [3.05, 3.63) is 23.8 Å². The predicted molar refractivity (Wildman–Crippen MR) is 90.7 cm³/mol. The van der Waals surface area contributed by atoms with Crippen LogP contribution in [-0.2, 0) is 0 Å². The van der Waals surface area contributed by atoms with E-state index in [9.17, 15) is 0 Å². The van der Waals surface area contributed by atoms with Crippen molar-refractivity contribution < 1.29 is 9.47 Å². The molecule has 2 rings (SSSR count). The van der Waals surface area contributed by atoms with Gasteiger partial charge in [-0.25, -0.2) is 0 Å².